The number of amides is 2. The summed E-state index contributed by atoms with van der Waals surface area (Å²) >= 11 is 0. The molecular formula is C27H36N4O7S. The molecule has 1 unspecified atom stereocenters. The maximum absolute atomic E-state index is 13.8. The lowest BCUT2D eigenvalue weighted by atomic mass is 9.95. The number of non-ortho nitro benzene ring substituents is 1. The van der Waals surface area contributed by atoms with Gasteiger partial charge in [0.1, 0.15) is 24.0 Å². The first-order chi connectivity index (χ1) is 18.4. The Morgan fingerprint density at radius 3 is 2.44 bits per heavy atom. The molecule has 0 spiro atoms. The Kier molecular flexibility index (Phi) is 9.90. The van der Waals surface area contributed by atoms with E-state index in [2.05, 4.69) is 5.32 Å². The number of hydrogen-bond acceptors (Lipinski definition) is 7. The Labute approximate surface area is 229 Å². The third-order valence-corrected chi connectivity index (χ3v) is 8.00. The first kappa shape index (κ1) is 29.9. The molecule has 1 atom stereocenters. The summed E-state index contributed by atoms with van der Waals surface area (Å²) in [7, 11) is -2.79. The number of carbonyl (C=O) groups excluding carboxylic acids is 2. The number of nitro groups is 1. The van der Waals surface area contributed by atoms with Gasteiger partial charge in [-0.25, -0.2) is 8.42 Å². The summed E-state index contributed by atoms with van der Waals surface area (Å²) in [5, 5.41) is 14.4. The van der Waals surface area contributed by atoms with Crippen LogP contribution in [-0.2, 0) is 26.2 Å². The molecule has 212 valence electrons. The highest BCUT2D eigenvalue weighted by Crippen LogP contribution is 2.34. The van der Waals surface area contributed by atoms with E-state index < -0.39 is 33.4 Å². The van der Waals surface area contributed by atoms with Gasteiger partial charge < -0.3 is 15.0 Å². The minimum atomic E-state index is -4.09. The van der Waals surface area contributed by atoms with E-state index in [1.54, 1.807) is 6.92 Å². The zero-order chi connectivity index (χ0) is 28.7. The van der Waals surface area contributed by atoms with E-state index >= 15 is 0 Å². The van der Waals surface area contributed by atoms with Crippen molar-refractivity contribution in [1.82, 2.24) is 10.2 Å². The molecule has 2 aromatic carbocycles. The third kappa shape index (κ3) is 7.92. The number of rotatable bonds is 11. The third-order valence-electron chi connectivity index (χ3n) is 6.88. The van der Waals surface area contributed by atoms with Crippen LogP contribution in [0.2, 0.25) is 0 Å². The van der Waals surface area contributed by atoms with Crippen molar-refractivity contribution in [1.29, 1.82) is 0 Å². The van der Waals surface area contributed by atoms with Gasteiger partial charge in [-0.3, -0.25) is 24.0 Å². The summed E-state index contributed by atoms with van der Waals surface area (Å²) in [5.41, 5.74) is 1.25. The molecule has 1 N–H and O–H groups in total. The Hall–Kier alpha value is -3.67. The Morgan fingerprint density at radius 2 is 1.85 bits per heavy atom. The fourth-order valence-electron chi connectivity index (χ4n) is 4.74. The van der Waals surface area contributed by atoms with Crippen LogP contribution in [0.25, 0.3) is 0 Å². The quantitative estimate of drug-likeness (QED) is 0.328. The molecule has 12 heteroatoms. The van der Waals surface area contributed by atoms with Gasteiger partial charge >= 0.3 is 0 Å². The molecule has 1 saturated carbocycles. The van der Waals surface area contributed by atoms with Crippen molar-refractivity contribution in [3.05, 3.63) is 63.7 Å². The smallest absolute Gasteiger partial charge is 0.271 e. The average molecular weight is 561 g/mol. The van der Waals surface area contributed by atoms with Crippen LogP contribution in [0.4, 0.5) is 11.4 Å². The summed E-state index contributed by atoms with van der Waals surface area (Å²) in [6.45, 7) is 2.92. The molecule has 0 aliphatic heterocycles. The van der Waals surface area contributed by atoms with Crippen LogP contribution in [0, 0.1) is 17.0 Å². The highest BCUT2D eigenvalue weighted by atomic mass is 32.2. The molecule has 1 aliphatic carbocycles. The fraction of sp³-hybridized carbons (Fsp3) is 0.481. The van der Waals surface area contributed by atoms with Crippen LogP contribution < -0.4 is 14.4 Å². The van der Waals surface area contributed by atoms with Crippen molar-refractivity contribution in [2.24, 2.45) is 0 Å². The van der Waals surface area contributed by atoms with Gasteiger partial charge in [-0.15, -0.1) is 0 Å². The summed E-state index contributed by atoms with van der Waals surface area (Å²) in [4.78, 5) is 39.1. The van der Waals surface area contributed by atoms with Crippen molar-refractivity contribution >= 4 is 33.2 Å². The van der Waals surface area contributed by atoms with Gasteiger partial charge in [-0.05, 0) is 38.3 Å². The number of methoxy groups -OCH3 is 1. The van der Waals surface area contributed by atoms with Crippen molar-refractivity contribution in [3.63, 3.8) is 0 Å². The highest BCUT2D eigenvalue weighted by molar-refractivity contribution is 7.92. The monoisotopic (exact) mass is 560 g/mol. The zero-order valence-electron chi connectivity index (χ0n) is 22.8. The van der Waals surface area contributed by atoms with Gasteiger partial charge in [0.05, 0.1) is 18.3 Å². The molecule has 11 nitrogen and oxygen atoms in total. The summed E-state index contributed by atoms with van der Waals surface area (Å²) in [6.07, 6.45) is 5.84. The van der Waals surface area contributed by atoms with E-state index in [4.69, 9.17) is 4.74 Å². The predicted octanol–water partition coefficient (Wildman–Crippen LogP) is 3.54. The molecule has 0 bridgehead atoms. The van der Waals surface area contributed by atoms with E-state index in [-0.39, 0.29) is 35.6 Å². The van der Waals surface area contributed by atoms with E-state index in [0.717, 1.165) is 59.9 Å². The van der Waals surface area contributed by atoms with Gasteiger partial charge in [0, 0.05) is 24.7 Å². The van der Waals surface area contributed by atoms with E-state index in [1.807, 2.05) is 31.2 Å². The maximum atomic E-state index is 13.8. The van der Waals surface area contributed by atoms with E-state index in [9.17, 15) is 28.1 Å². The van der Waals surface area contributed by atoms with Crippen molar-refractivity contribution in [2.75, 3.05) is 24.2 Å². The SMILES string of the molecule is COc1ccc([N+](=O)[O-])cc1N(CC(=O)N(Cc1cccc(C)c1)C(C)C(=O)NC1CCCCC1)S(C)(=O)=O. The van der Waals surface area contributed by atoms with Crippen molar-refractivity contribution in [2.45, 2.75) is 64.6 Å². The largest absolute Gasteiger partial charge is 0.495 e. The highest BCUT2D eigenvalue weighted by Gasteiger charge is 2.32. The Bertz CT molecular complexity index is 1310. The Balaban J connectivity index is 1.96. The van der Waals surface area contributed by atoms with Gasteiger partial charge in [0.2, 0.25) is 21.8 Å². The predicted molar refractivity (Wildman–Crippen MR) is 148 cm³/mol. The summed E-state index contributed by atoms with van der Waals surface area (Å²) < 4.78 is 31.8. The molecule has 2 aromatic rings. The second kappa shape index (κ2) is 12.9. The zero-order valence-corrected chi connectivity index (χ0v) is 23.6. The number of sulfonamides is 1. The topological polar surface area (TPSA) is 139 Å². The minimum Gasteiger partial charge on any atom is -0.495 e. The molecule has 1 fully saturated rings. The van der Waals surface area contributed by atoms with Crippen LogP contribution >= 0.6 is 0 Å². The van der Waals surface area contributed by atoms with Crippen LogP contribution in [0.5, 0.6) is 5.75 Å². The van der Waals surface area contributed by atoms with Gasteiger partial charge in [0.25, 0.3) is 5.69 Å². The number of nitrogens with one attached hydrogen (secondary N) is 1. The number of ether oxygens (including phenoxy) is 1. The number of carbonyl (C=O) groups is 2. The van der Waals surface area contributed by atoms with Crippen LogP contribution in [0.3, 0.4) is 0 Å². The Morgan fingerprint density at radius 1 is 1.15 bits per heavy atom. The lowest BCUT2D eigenvalue weighted by Gasteiger charge is -2.33. The lowest BCUT2D eigenvalue weighted by Crippen LogP contribution is -2.53. The molecule has 1 aliphatic rings. The normalized spacial score (nSPS) is 14.8. The number of hydrogen-bond donors (Lipinski definition) is 1. The maximum Gasteiger partial charge on any atom is 0.271 e. The first-order valence-corrected chi connectivity index (χ1v) is 14.7. The molecule has 0 saturated heterocycles. The molecule has 0 aromatic heterocycles. The second-order valence-electron chi connectivity index (χ2n) is 9.91. The first-order valence-electron chi connectivity index (χ1n) is 12.9. The van der Waals surface area contributed by atoms with Crippen LogP contribution in [0.1, 0.15) is 50.2 Å². The molecule has 0 heterocycles. The van der Waals surface area contributed by atoms with Gasteiger partial charge in [-0.1, -0.05) is 49.1 Å². The number of benzene rings is 2. The standard InChI is InChI=1S/C27H36N4O7S/c1-19-9-8-10-21(15-19)17-29(20(2)27(33)28-22-11-6-5-7-12-22)26(32)18-30(39(4,36)37)24-16-23(31(34)35)13-14-25(24)38-3/h8-10,13-16,20,22H,5-7,11-12,17-18H2,1-4H3,(H,28,33). The van der Waals surface area contributed by atoms with E-state index in [0.29, 0.717) is 0 Å². The van der Waals surface area contributed by atoms with Gasteiger partial charge in [0.15, 0.2) is 0 Å². The number of nitrogens with zero attached hydrogens (tertiary/aromatic N) is 3. The molecule has 0 radical (unpaired) electrons. The van der Waals surface area contributed by atoms with Crippen molar-refractivity contribution < 1.29 is 27.7 Å². The van der Waals surface area contributed by atoms with Crippen molar-refractivity contribution in [3.8, 4) is 5.75 Å². The molecule has 39 heavy (non-hydrogen) atoms. The number of nitro benzene ring substituents is 1. The average Bonchev–Trinajstić information content (AvgIpc) is 2.89. The summed E-state index contributed by atoms with van der Waals surface area (Å²) in [5.74, 6) is -0.907. The second-order valence-corrected chi connectivity index (χ2v) is 11.8. The molecule has 2 amide bonds. The molecular weight excluding hydrogens is 524 g/mol. The fourth-order valence-corrected chi connectivity index (χ4v) is 5.59. The van der Waals surface area contributed by atoms with Gasteiger partial charge in [-0.2, -0.15) is 0 Å². The lowest BCUT2D eigenvalue weighted by molar-refractivity contribution is -0.384. The van der Waals surface area contributed by atoms with Crippen LogP contribution in [0.15, 0.2) is 42.5 Å². The minimum absolute atomic E-state index is 0.0336. The summed E-state index contributed by atoms with van der Waals surface area (Å²) in [6, 6.07) is 10.1. The number of aryl methyl sites for hydroxylation is 1. The number of anilines is 1. The van der Waals surface area contributed by atoms with E-state index in [1.165, 1.54) is 24.1 Å². The molecule has 3 rings (SSSR count). The van der Waals surface area contributed by atoms with Crippen LogP contribution in [-0.4, -0.2) is 62.0 Å².